The quantitative estimate of drug-likeness (QED) is 0.721. The zero-order chi connectivity index (χ0) is 17.1. The van der Waals surface area contributed by atoms with Crippen molar-refractivity contribution in [2.75, 3.05) is 0 Å². The molecular formula is C20H14O4. The van der Waals surface area contributed by atoms with Crippen molar-refractivity contribution in [2.24, 2.45) is 0 Å². The fourth-order valence-corrected chi connectivity index (χ4v) is 2.38. The molecule has 0 saturated carbocycles. The lowest BCUT2D eigenvalue weighted by molar-refractivity contribution is 0.103. The predicted molar refractivity (Wildman–Crippen MR) is 89.5 cm³/mol. The van der Waals surface area contributed by atoms with Gasteiger partial charge in [-0.05, 0) is 42.5 Å². The minimum absolute atomic E-state index is 0.0669. The summed E-state index contributed by atoms with van der Waals surface area (Å²) in [6.07, 6.45) is 0. The fraction of sp³-hybridized carbons (Fsp3) is 0. The van der Waals surface area contributed by atoms with E-state index in [0.29, 0.717) is 11.1 Å². The Bertz CT molecular complexity index is 897. The predicted octanol–water partition coefficient (Wildman–Crippen LogP) is 3.56. The van der Waals surface area contributed by atoms with Crippen LogP contribution in [0.5, 0.6) is 11.5 Å². The first-order valence-corrected chi connectivity index (χ1v) is 7.33. The summed E-state index contributed by atoms with van der Waals surface area (Å²) in [6.45, 7) is 0. The first-order chi connectivity index (χ1) is 11.6. The van der Waals surface area contributed by atoms with Crippen LogP contribution in [0.15, 0.2) is 72.8 Å². The molecule has 0 amide bonds. The highest BCUT2D eigenvalue weighted by Gasteiger charge is 2.17. The molecule has 0 aromatic heterocycles. The molecule has 0 spiro atoms. The molecule has 0 bridgehead atoms. The number of carbonyl (C=O) groups excluding carboxylic acids is 2. The van der Waals surface area contributed by atoms with E-state index in [4.69, 9.17) is 0 Å². The molecule has 3 aromatic rings. The van der Waals surface area contributed by atoms with Crippen LogP contribution in [0.4, 0.5) is 0 Å². The summed E-state index contributed by atoms with van der Waals surface area (Å²) in [7, 11) is 0. The highest BCUT2D eigenvalue weighted by atomic mass is 16.3. The Morgan fingerprint density at radius 1 is 0.625 bits per heavy atom. The topological polar surface area (TPSA) is 74.6 Å². The van der Waals surface area contributed by atoms with Crippen LogP contribution in [-0.2, 0) is 0 Å². The average Bonchev–Trinajstić information content (AvgIpc) is 2.62. The SMILES string of the molecule is O=C(c1ccc(O)cc1)c1ccc(O)c(C(=O)c2ccccc2)c1. The van der Waals surface area contributed by atoms with Crippen LogP contribution >= 0.6 is 0 Å². The number of rotatable bonds is 4. The van der Waals surface area contributed by atoms with E-state index in [9.17, 15) is 19.8 Å². The van der Waals surface area contributed by atoms with Crippen LogP contribution in [0.25, 0.3) is 0 Å². The molecule has 0 atom stereocenters. The Labute approximate surface area is 138 Å². The normalized spacial score (nSPS) is 10.3. The van der Waals surface area contributed by atoms with Gasteiger partial charge in [0, 0.05) is 16.7 Å². The molecule has 0 fully saturated rings. The van der Waals surface area contributed by atoms with Crippen molar-refractivity contribution in [3.05, 3.63) is 95.1 Å². The lowest BCUT2D eigenvalue weighted by Gasteiger charge is -2.07. The zero-order valence-electron chi connectivity index (χ0n) is 12.6. The van der Waals surface area contributed by atoms with Crippen LogP contribution in [0.1, 0.15) is 31.8 Å². The second-order valence-corrected chi connectivity index (χ2v) is 5.30. The Morgan fingerprint density at radius 2 is 1.21 bits per heavy atom. The summed E-state index contributed by atoms with van der Waals surface area (Å²) >= 11 is 0. The van der Waals surface area contributed by atoms with Crippen molar-refractivity contribution in [1.82, 2.24) is 0 Å². The Balaban J connectivity index is 1.98. The molecule has 0 heterocycles. The van der Waals surface area contributed by atoms with Gasteiger partial charge in [-0.3, -0.25) is 9.59 Å². The molecule has 0 radical (unpaired) electrons. The Hall–Kier alpha value is -3.40. The number of ketones is 2. The standard InChI is InChI=1S/C20H14O4/c21-16-9-6-14(7-10-16)19(23)15-8-11-18(22)17(12-15)20(24)13-4-2-1-3-5-13/h1-12,21-22H. The number of carbonyl (C=O) groups is 2. The van der Waals surface area contributed by atoms with Gasteiger partial charge in [0.2, 0.25) is 0 Å². The number of aromatic hydroxyl groups is 2. The van der Waals surface area contributed by atoms with Crippen LogP contribution in [-0.4, -0.2) is 21.8 Å². The summed E-state index contributed by atoms with van der Waals surface area (Å²) < 4.78 is 0. The maximum absolute atomic E-state index is 12.5. The molecule has 4 heteroatoms. The molecule has 4 nitrogen and oxygen atoms in total. The second-order valence-electron chi connectivity index (χ2n) is 5.30. The monoisotopic (exact) mass is 318 g/mol. The van der Waals surface area contributed by atoms with Crippen LogP contribution in [0.3, 0.4) is 0 Å². The van der Waals surface area contributed by atoms with E-state index in [1.807, 2.05) is 0 Å². The average molecular weight is 318 g/mol. The summed E-state index contributed by atoms with van der Waals surface area (Å²) in [5, 5.41) is 19.3. The third-order valence-corrected chi connectivity index (χ3v) is 3.67. The number of phenolic OH excluding ortho intramolecular Hbond substituents is 2. The van der Waals surface area contributed by atoms with E-state index in [0.717, 1.165) is 0 Å². The van der Waals surface area contributed by atoms with Gasteiger partial charge < -0.3 is 10.2 Å². The second kappa shape index (κ2) is 6.38. The van der Waals surface area contributed by atoms with E-state index < -0.39 is 0 Å². The maximum Gasteiger partial charge on any atom is 0.196 e. The Kier molecular flexibility index (Phi) is 4.12. The van der Waals surface area contributed by atoms with E-state index in [2.05, 4.69) is 0 Å². The van der Waals surface area contributed by atoms with Gasteiger partial charge in [0.05, 0.1) is 5.56 Å². The minimum Gasteiger partial charge on any atom is -0.508 e. The van der Waals surface area contributed by atoms with Crippen LogP contribution in [0.2, 0.25) is 0 Å². The summed E-state index contributed by atoms with van der Waals surface area (Å²) in [4.78, 5) is 25.0. The smallest absolute Gasteiger partial charge is 0.196 e. The molecule has 0 aliphatic carbocycles. The highest BCUT2D eigenvalue weighted by Crippen LogP contribution is 2.24. The number of hydrogen-bond donors (Lipinski definition) is 2. The van der Waals surface area contributed by atoms with Gasteiger partial charge in [0.15, 0.2) is 11.6 Å². The molecule has 118 valence electrons. The number of phenols is 2. The van der Waals surface area contributed by atoms with Crippen molar-refractivity contribution in [3.63, 3.8) is 0 Å². The first-order valence-electron chi connectivity index (χ1n) is 7.33. The minimum atomic E-state index is -0.353. The lowest BCUT2D eigenvalue weighted by Crippen LogP contribution is -2.06. The summed E-state index contributed by atoms with van der Waals surface area (Å²) in [5.41, 5.74) is 1.18. The molecule has 0 unspecified atom stereocenters. The number of hydrogen-bond acceptors (Lipinski definition) is 4. The lowest BCUT2D eigenvalue weighted by atomic mass is 9.96. The van der Waals surface area contributed by atoms with Gasteiger partial charge in [-0.25, -0.2) is 0 Å². The first kappa shape index (κ1) is 15.5. The zero-order valence-corrected chi connectivity index (χ0v) is 12.6. The largest absolute Gasteiger partial charge is 0.508 e. The van der Waals surface area contributed by atoms with Crippen molar-refractivity contribution < 1.29 is 19.8 Å². The van der Waals surface area contributed by atoms with Crippen molar-refractivity contribution in [1.29, 1.82) is 0 Å². The maximum atomic E-state index is 12.5. The van der Waals surface area contributed by atoms with Gasteiger partial charge in [0.25, 0.3) is 0 Å². The van der Waals surface area contributed by atoms with Crippen molar-refractivity contribution in [2.45, 2.75) is 0 Å². The van der Waals surface area contributed by atoms with E-state index in [1.54, 1.807) is 30.3 Å². The fourth-order valence-electron chi connectivity index (χ4n) is 2.38. The van der Waals surface area contributed by atoms with Gasteiger partial charge in [0.1, 0.15) is 11.5 Å². The summed E-state index contributed by atoms with van der Waals surface area (Å²) in [6, 6.07) is 18.6. The van der Waals surface area contributed by atoms with E-state index in [1.165, 1.54) is 42.5 Å². The highest BCUT2D eigenvalue weighted by molar-refractivity contribution is 6.14. The van der Waals surface area contributed by atoms with Gasteiger partial charge >= 0.3 is 0 Å². The van der Waals surface area contributed by atoms with Gasteiger partial charge in [-0.1, -0.05) is 30.3 Å². The van der Waals surface area contributed by atoms with Crippen molar-refractivity contribution in [3.8, 4) is 11.5 Å². The van der Waals surface area contributed by atoms with Gasteiger partial charge in [-0.15, -0.1) is 0 Å². The van der Waals surface area contributed by atoms with E-state index in [-0.39, 0.29) is 34.2 Å². The molecular weight excluding hydrogens is 304 g/mol. The number of benzene rings is 3. The molecule has 3 rings (SSSR count). The molecule has 24 heavy (non-hydrogen) atoms. The molecule has 0 saturated heterocycles. The molecule has 2 N–H and O–H groups in total. The molecule has 0 aliphatic rings. The van der Waals surface area contributed by atoms with Crippen LogP contribution in [0, 0.1) is 0 Å². The van der Waals surface area contributed by atoms with Crippen LogP contribution < -0.4 is 0 Å². The molecule has 3 aromatic carbocycles. The Morgan fingerprint density at radius 3 is 1.88 bits per heavy atom. The third kappa shape index (κ3) is 3.03. The van der Waals surface area contributed by atoms with Crippen molar-refractivity contribution >= 4 is 11.6 Å². The third-order valence-electron chi connectivity index (χ3n) is 3.67. The summed E-state index contributed by atoms with van der Waals surface area (Å²) in [5.74, 6) is -0.756. The van der Waals surface area contributed by atoms with Gasteiger partial charge in [-0.2, -0.15) is 0 Å². The molecule has 0 aliphatic heterocycles. The van der Waals surface area contributed by atoms with E-state index >= 15 is 0 Å².